The molecule has 2 N–H and O–H groups in total. The highest BCUT2D eigenvalue weighted by Crippen LogP contribution is 2.27. The molecule has 0 saturated carbocycles. The molecule has 7 nitrogen and oxygen atoms in total. The monoisotopic (exact) mass is 491 g/mol. The SMILES string of the molecule is CCNC(=NCc1ccc(OC)c(OC)c1)NCC1CN(C)CCN1C.I. The maximum Gasteiger partial charge on any atom is 0.191 e. The zero-order chi connectivity index (χ0) is 18.9. The number of piperazine rings is 1. The second kappa shape index (κ2) is 12.2. The number of hydrogen-bond donors (Lipinski definition) is 2. The Balaban J connectivity index is 0.00000364. The Hall–Kier alpha value is -1.26. The molecule has 0 aliphatic carbocycles. The van der Waals surface area contributed by atoms with Crippen LogP contribution in [-0.4, -0.2) is 82.8 Å². The van der Waals surface area contributed by atoms with Crippen LogP contribution in [0.3, 0.4) is 0 Å². The van der Waals surface area contributed by atoms with Gasteiger partial charge in [-0.25, -0.2) is 4.99 Å². The van der Waals surface area contributed by atoms with Crippen LogP contribution in [0.25, 0.3) is 0 Å². The average molecular weight is 491 g/mol. The van der Waals surface area contributed by atoms with Gasteiger partial charge in [-0.3, -0.25) is 4.90 Å². The third kappa shape index (κ3) is 7.34. The molecule has 2 rings (SSSR count). The number of rotatable bonds is 7. The minimum Gasteiger partial charge on any atom is -0.493 e. The number of aliphatic imine (C=N–C) groups is 1. The number of methoxy groups -OCH3 is 2. The Bertz CT molecular complexity index is 599. The molecule has 1 aromatic rings. The fraction of sp³-hybridized carbons (Fsp3) is 0.632. The molecular weight excluding hydrogens is 457 g/mol. The summed E-state index contributed by atoms with van der Waals surface area (Å²) >= 11 is 0. The van der Waals surface area contributed by atoms with E-state index >= 15 is 0 Å². The topological polar surface area (TPSA) is 61.4 Å². The third-order valence-electron chi connectivity index (χ3n) is 4.70. The first kappa shape index (κ1) is 23.8. The summed E-state index contributed by atoms with van der Waals surface area (Å²) in [6.07, 6.45) is 0. The van der Waals surface area contributed by atoms with Crippen LogP contribution in [0.5, 0.6) is 11.5 Å². The maximum atomic E-state index is 5.36. The summed E-state index contributed by atoms with van der Waals surface area (Å²) in [4.78, 5) is 9.49. The summed E-state index contributed by atoms with van der Waals surface area (Å²) in [7, 11) is 7.65. The van der Waals surface area contributed by atoms with E-state index in [4.69, 9.17) is 14.5 Å². The molecule has 1 aliphatic heterocycles. The molecule has 1 atom stereocenters. The molecule has 0 amide bonds. The van der Waals surface area contributed by atoms with Crippen molar-refractivity contribution in [1.82, 2.24) is 20.4 Å². The first-order valence-electron chi connectivity index (χ1n) is 9.19. The van der Waals surface area contributed by atoms with Crippen LogP contribution in [0.2, 0.25) is 0 Å². The molecule has 1 unspecified atom stereocenters. The molecule has 1 aliphatic rings. The minimum absolute atomic E-state index is 0. The minimum atomic E-state index is 0. The molecule has 0 radical (unpaired) electrons. The second-order valence-electron chi connectivity index (χ2n) is 6.66. The van der Waals surface area contributed by atoms with E-state index in [-0.39, 0.29) is 24.0 Å². The van der Waals surface area contributed by atoms with Gasteiger partial charge in [-0.1, -0.05) is 6.07 Å². The highest BCUT2D eigenvalue weighted by atomic mass is 127. The zero-order valence-corrected chi connectivity index (χ0v) is 19.4. The quantitative estimate of drug-likeness (QED) is 0.344. The van der Waals surface area contributed by atoms with Gasteiger partial charge in [-0.05, 0) is 38.7 Å². The van der Waals surface area contributed by atoms with E-state index in [1.165, 1.54) is 0 Å². The summed E-state index contributed by atoms with van der Waals surface area (Å²) in [5.41, 5.74) is 1.08. The maximum absolute atomic E-state index is 5.36. The van der Waals surface area contributed by atoms with Gasteiger partial charge in [-0.2, -0.15) is 0 Å². The van der Waals surface area contributed by atoms with Crippen molar-refractivity contribution < 1.29 is 9.47 Å². The van der Waals surface area contributed by atoms with Crippen molar-refractivity contribution in [3.8, 4) is 11.5 Å². The molecule has 1 saturated heterocycles. The van der Waals surface area contributed by atoms with E-state index < -0.39 is 0 Å². The van der Waals surface area contributed by atoms with E-state index in [1.807, 2.05) is 18.2 Å². The van der Waals surface area contributed by atoms with Crippen LogP contribution >= 0.6 is 24.0 Å². The number of nitrogens with zero attached hydrogens (tertiary/aromatic N) is 3. The van der Waals surface area contributed by atoms with Crippen molar-refractivity contribution in [2.45, 2.75) is 19.5 Å². The highest BCUT2D eigenvalue weighted by molar-refractivity contribution is 14.0. The second-order valence-corrected chi connectivity index (χ2v) is 6.66. The Morgan fingerprint density at radius 2 is 1.89 bits per heavy atom. The van der Waals surface area contributed by atoms with Gasteiger partial charge in [0.1, 0.15) is 0 Å². The normalized spacial score (nSPS) is 18.6. The van der Waals surface area contributed by atoms with Crippen LogP contribution in [0, 0.1) is 0 Å². The van der Waals surface area contributed by atoms with Crippen LogP contribution in [0.1, 0.15) is 12.5 Å². The lowest BCUT2D eigenvalue weighted by Gasteiger charge is -2.37. The molecule has 0 spiro atoms. The zero-order valence-electron chi connectivity index (χ0n) is 17.1. The van der Waals surface area contributed by atoms with Gasteiger partial charge in [0, 0.05) is 38.8 Å². The highest BCUT2D eigenvalue weighted by Gasteiger charge is 2.22. The van der Waals surface area contributed by atoms with Gasteiger partial charge in [0.25, 0.3) is 0 Å². The molecule has 1 heterocycles. The molecule has 8 heteroatoms. The number of halogens is 1. The predicted octanol–water partition coefficient (Wildman–Crippen LogP) is 1.62. The number of ether oxygens (including phenoxy) is 2. The molecule has 0 aromatic heterocycles. The first-order chi connectivity index (χ1) is 12.6. The van der Waals surface area contributed by atoms with Crippen LogP contribution in [-0.2, 0) is 6.54 Å². The number of benzene rings is 1. The average Bonchev–Trinajstić information content (AvgIpc) is 2.66. The van der Waals surface area contributed by atoms with Crippen LogP contribution < -0.4 is 20.1 Å². The van der Waals surface area contributed by atoms with E-state index in [0.29, 0.717) is 12.6 Å². The lowest BCUT2D eigenvalue weighted by atomic mass is 10.2. The summed E-state index contributed by atoms with van der Waals surface area (Å²) in [5, 5.41) is 6.80. The van der Waals surface area contributed by atoms with Gasteiger partial charge in [0.05, 0.1) is 20.8 Å². The standard InChI is InChI=1S/C19H33N5O2.HI/c1-6-20-19(22-13-16-14-23(2)9-10-24(16)3)21-12-15-7-8-17(25-4)18(11-15)26-5;/h7-8,11,16H,6,9-10,12-14H2,1-5H3,(H2,20,21,22);1H. The lowest BCUT2D eigenvalue weighted by Crippen LogP contribution is -2.55. The molecule has 1 fully saturated rings. The number of guanidine groups is 1. The van der Waals surface area contributed by atoms with Gasteiger partial charge in [0.2, 0.25) is 0 Å². The Labute approximate surface area is 180 Å². The number of likely N-dealkylation sites (N-methyl/N-ethyl adjacent to an activating group) is 2. The molecule has 1 aromatic carbocycles. The van der Waals surface area contributed by atoms with E-state index in [0.717, 1.165) is 55.7 Å². The molecule has 0 bridgehead atoms. The van der Waals surface area contributed by atoms with E-state index in [2.05, 4.69) is 41.5 Å². The molecule has 154 valence electrons. The van der Waals surface area contributed by atoms with Crippen molar-refractivity contribution in [2.75, 3.05) is 61.0 Å². The van der Waals surface area contributed by atoms with Crippen molar-refractivity contribution in [3.63, 3.8) is 0 Å². The van der Waals surface area contributed by atoms with Crippen molar-refractivity contribution in [1.29, 1.82) is 0 Å². The van der Waals surface area contributed by atoms with Crippen LogP contribution in [0.4, 0.5) is 0 Å². The van der Waals surface area contributed by atoms with Gasteiger partial charge < -0.3 is 25.0 Å². The Kier molecular flexibility index (Phi) is 10.8. The summed E-state index contributed by atoms with van der Waals surface area (Å²) in [6, 6.07) is 6.38. The summed E-state index contributed by atoms with van der Waals surface area (Å²) < 4.78 is 10.7. The van der Waals surface area contributed by atoms with Gasteiger partial charge in [0.15, 0.2) is 17.5 Å². The van der Waals surface area contributed by atoms with Gasteiger partial charge >= 0.3 is 0 Å². The Morgan fingerprint density at radius 3 is 2.56 bits per heavy atom. The largest absolute Gasteiger partial charge is 0.493 e. The molecular formula is C19H34IN5O2. The number of nitrogens with one attached hydrogen (secondary N) is 2. The third-order valence-corrected chi connectivity index (χ3v) is 4.70. The fourth-order valence-electron chi connectivity index (χ4n) is 3.03. The van der Waals surface area contributed by atoms with Crippen LogP contribution in [0.15, 0.2) is 23.2 Å². The predicted molar refractivity (Wildman–Crippen MR) is 122 cm³/mol. The van der Waals surface area contributed by atoms with Crippen molar-refractivity contribution in [3.05, 3.63) is 23.8 Å². The summed E-state index contributed by atoms with van der Waals surface area (Å²) in [6.45, 7) is 7.65. The van der Waals surface area contributed by atoms with E-state index in [1.54, 1.807) is 14.2 Å². The Morgan fingerprint density at radius 1 is 1.15 bits per heavy atom. The van der Waals surface area contributed by atoms with E-state index in [9.17, 15) is 0 Å². The van der Waals surface area contributed by atoms with Crippen molar-refractivity contribution in [2.24, 2.45) is 4.99 Å². The number of hydrogen-bond acceptors (Lipinski definition) is 5. The first-order valence-corrected chi connectivity index (χ1v) is 9.19. The smallest absolute Gasteiger partial charge is 0.191 e. The van der Waals surface area contributed by atoms with Crippen molar-refractivity contribution >= 4 is 29.9 Å². The lowest BCUT2D eigenvalue weighted by molar-refractivity contribution is 0.116. The summed E-state index contributed by atoms with van der Waals surface area (Å²) in [5.74, 6) is 2.30. The molecule has 27 heavy (non-hydrogen) atoms. The van der Waals surface area contributed by atoms with Gasteiger partial charge in [-0.15, -0.1) is 24.0 Å². The fourth-order valence-corrected chi connectivity index (χ4v) is 3.03.